The van der Waals surface area contributed by atoms with Crippen LogP contribution in [-0.4, -0.2) is 52.0 Å². The average Bonchev–Trinajstić information content (AvgIpc) is 2.63. The van der Waals surface area contributed by atoms with Crippen molar-refractivity contribution in [2.24, 2.45) is 0 Å². The van der Waals surface area contributed by atoms with Crippen LogP contribution in [0.4, 0.5) is 4.79 Å². The van der Waals surface area contributed by atoms with Crippen molar-refractivity contribution in [3.05, 3.63) is 23.8 Å². The van der Waals surface area contributed by atoms with Crippen LogP contribution in [0.15, 0.2) is 12.5 Å². The molecule has 0 radical (unpaired) electrons. The lowest BCUT2D eigenvalue weighted by atomic mass is 9.95. The molecule has 1 aromatic heterocycles. The van der Waals surface area contributed by atoms with Crippen molar-refractivity contribution < 1.29 is 9.59 Å². The minimum atomic E-state index is -0.136. The Kier molecular flexibility index (Phi) is 5.83. The normalized spacial score (nSPS) is 19.5. The number of likely N-dealkylation sites (tertiary alicyclic amines) is 1. The average molecular weight is 345 g/mol. The van der Waals surface area contributed by atoms with Crippen LogP contribution in [0.2, 0.25) is 0 Å². The molecule has 0 atom stereocenters. The topological polar surface area (TPSA) is 87.2 Å². The largest absolute Gasteiger partial charge is 0.349 e. The number of rotatable bonds is 3. The van der Waals surface area contributed by atoms with Crippen LogP contribution >= 0.6 is 0 Å². The summed E-state index contributed by atoms with van der Waals surface area (Å²) in [5, 5.41) is 6.20. The molecule has 1 aliphatic carbocycles. The maximum absolute atomic E-state index is 12.4. The highest BCUT2D eigenvalue weighted by molar-refractivity contribution is 5.95. The van der Waals surface area contributed by atoms with Crippen molar-refractivity contribution in [1.29, 1.82) is 0 Å². The van der Waals surface area contributed by atoms with Crippen LogP contribution in [-0.2, 0) is 0 Å². The molecule has 0 unspecified atom stereocenters. The summed E-state index contributed by atoms with van der Waals surface area (Å²) >= 11 is 0. The van der Waals surface area contributed by atoms with Crippen LogP contribution in [0.1, 0.15) is 61.0 Å². The van der Waals surface area contributed by atoms with Crippen molar-refractivity contribution in [2.75, 3.05) is 13.1 Å². The van der Waals surface area contributed by atoms with Crippen LogP contribution in [0.5, 0.6) is 0 Å². The summed E-state index contributed by atoms with van der Waals surface area (Å²) in [5.74, 6) is -0.136. The highest BCUT2D eigenvalue weighted by Crippen LogP contribution is 2.18. The van der Waals surface area contributed by atoms with Gasteiger partial charge in [-0.1, -0.05) is 19.3 Å². The van der Waals surface area contributed by atoms with Gasteiger partial charge in [0.25, 0.3) is 5.91 Å². The standard InChI is InChI=1S/C18H27N5O2/c1-13-16(11-19-12-20-13)17(24)21-15-7-9-23(10-8-15)18(25)22-14-5-3-2-4-6-14/h11-12,14-15H,2-10H2,1H3,(H,21,24)(H,22,25). The maximum atomic E-state index is 12.4. The predicted molar refractivity (Wildman–Crippen MR) is 94.2 cm³/mol. The minimum Gasteiger partial charge on any atom is -0.349 e. The fraction of sp³-hybridized carbons (Fsp3) is 0.667. The number of carbonyl (C=O) groups excluding carboxylic acids is 2. The molecule has 25 heavy (non-hydrogen) atoms. The second-order valence-electron chi connectivity index (χ2n) is 7.04. The summed E-state index contributed by atoms with van der Waals surface area (Å²) in [5.41, 5.74) is 1.19. The van der Waals surface area contributed by atoms with Gasteiger partial charge in [-0.25, -0.2) is 14.8 Å². The Morgan fingerprint density at radius 2 is 1.72 bits per heavy atom. The zero-order valence-corrected chi connectivity index (χ0v) is 14.8. The molecule has 1 saturated heterocycles. The molecular weight excluding hydrogens is 318 g/mol. The molecule has 0 spiro atoms. The first-order chi connectivity index (χ1) is 12.1. The van der Waals surface area contributed by atoms with Crippen LogP contribution in [0.25, 0.3) is 0 Å². The first-order valence-corrected chi connectivity index (χ1v) is 9.26. The van der Waals surface area contributed by atoms with Gasteiger partial charge in [-0.3, -0.25) is 4.79 Å². The number of carbonyl (C=O) groups is 2. The Morgan fingerprint density at radius 3 is 2.40 bits per heavy atom. The third-order valence-corrected chi connectivity index (χ3v) is 5.21. The highest BCUT2D eigenvalue weighted by atomic mass is 16.2. The molecule has 0 bridgehead atoms. The number of amides is 3. The van der Waals surface area contributed by atoms with Crippen molar-refractivity contribution in [3.63, 3.8) is 0 Å². The van der Waals surface area contributed by atoms with Crippen LogP contribution in [0, 0.1) is 6.92 Å². The molecule has 7 nitrogen and oxygen atoms in total. The van der Waals surface area contributed by atoms with Gasteiger partial charge in [-0.15, -0.1) is 0 Å². The monoisotopic (exact) mass is 345 g/mol. The van der Waals surface area contributed by atoms with Gasteiger partial charge in [-0.2, -0.15) is 0 Å². The van der Waals surface area contributed by atoms with E-state index in [9.17, 15) is 9.59 Å². The van der Waals surface area contributed by atoms with Gasteiger partial charge < -0.3 is 15.5 Å². The zero-order chi connectivity index (χ0) is 17.6. The molecule has 3 amide bonds. The van der Waals surface area contributed by atoms with Gasteiger partial charge in [0.05, 0.1) is 11.3 Å². The Hall–Kier alpha value is -2.18. The summed E-state index contributed by atoms with van der Waals surface area (Å²) in [7, 11) is 0. The van der Waals surface area contributed by atoms with Gasteiger partial charge in [0.2, 0.25) is 0 Å². The van der Waals surface area contributed by atoms with Gasteiger partial charge in [0, 0.05) is 31.4 Å². The Labute approximate surface area is 148 Å². The summed E-state index contributed by atoms with van der Waals surface area (Å²) in [6.07, 6.45) is 10.4. The first-order valence-electron chi connectivity index (χ1n) is 9.26. The van der Waals surface area contributed by atoms with E-state index in [0.717, 1.165) is 25.7 Å². The van der Waals surface area contributed by atoms with Gasteiger partial charge >= 0.3 is 6.03 Å². The number of nitrogens with zero attached hydrogens (tertiary/aromatic N) is 3. The third-order valence-electron chi connectivity index (χ3n) is 5.21. The van der Waals surface area contributed by atoms with E-state index in [-0.39, 0.29) is 18.0 Å². The summed E-state index contributed by atoms with van der Waals surface area (Å²) in [6, 6.07) is 0.467. The molecule has 1 aromatic rings. The number of nitrogens with one attached hydrogen (secondary N) is 2. The van der Waals surface area contributed by atoms with Gasteiger partial charge in [0.15, 0.2) is 0 Å². The molecule has 1 aliphatic heterocycles. The second kappa shape index (κ2) is 8.27. The van der Waals surface area contributed by atoms with E-state index in [4.69, 9.17) is 0 Å². The number of urea groups is 1. The number of aryl methyl sites for hydroxylation is 1. The maximum Gasteiger partial charge on any atom is 0.317 e. The molecule has 2 fully saturated rings. The molecule has 7 heteroatoms. The Morgan fingerprint density at radius 1 is 1.04 bits per heavy atom. The number of piperidine rings is 1. The van der Waals surface area contributed by atoms with Crippen molar-refractivity contribution >= 4 is 11.9 Å². The van der Waals surface area contributed by atoms with E-state index < -0.39 is 0 Å². The Bertz CT molecular complexity index is 607. The first kappa shape index (κ1) is 17.6. The van der Waals surface area contributed by atoms with Crippen LogP contribution < -0.4 is 10.6 Å². The molecule has 2 N–H and O–H groups in total. The molecule has 1 saturated carbocycles. The lowest BCUT2D eigenvalue weighted by Crippen LogP contribution is -2.51. The summed E-state index contributed by atoms with van der Waals surface area (Å²) in [6.45, 7) is 3.15. The molecule has 3 rings (SSSR count). The fourth-order valence-electron chi connectivity index (χ4n) is 3.62. The molecule has 2 heterocycles. The summed E-state index contributed by atoms with van der Waals surface area (Å²) in [4.78, 5) is 34.5. The van der Waals surface area contributed by atoms with E-state index >= 15 is 0 Å². The SMILES string of the molecule is Cc1ncncc1C(=O)NC1CCN(C(=O)NC2CCCCC2)CC1. The third kappa shape index (κ3) is 4.67. The molecular formula is C18H27N5O2. The van der Waals surface area contributed by atoms with Crippen LogP contribution in [0.3, 0.4) is 0 Å². The quantitative estimate of drug-likeness (QED) is 0.877. The van der Waals surface area contributed by atoms with E-state index in [0.29, 0.717) is 30.4 Å². The molecule has 0 aromatic carbocycles. The van der Waals surface area contributed by atoms with Gasteiger partial charge in [-0.05, 0) is 32.6 Å². The van der Waals surface area contributed by atoms with E-state index in [1.54, 1.807) is 13.1 Å². The van der Waals surface area contributed by atoms with Crippen molar-refractivity contribution in [3.8, 4) is 0 Å². The second-order valence-corrected chi connectivity index (χ2v) is 7.04. The fourth-order valence-corrected chi connectivity index (χ4v) is 3.62. The summed E-state index contributed by atoms with van der Waals surface area (Å²) < 4.78 is 0. The van der Waals surface area contributed by atoms with Crippen molar-refractivity contribution in [2.45, 2.75) is 64.0 Å². The highest BCUT2D eigenvalue weighted by Gasteiger charge is 2.26. The lowest BCUT2D eigenvalue weighted by Gasteiger charge is -2.34. The predicted octanol–water partition coefficient (Wildman–Crippen LogP) is 2.02. The van der Waals surface area contributed by atoms with Crippen molar-refractivity contribution in [1.82, 2.24) is 25.5 Å². The number of hydrogen-bond donors (Lipinski definition) is 2. The van der Waals surface area contributed by atoms with E-state index in [1.165, 1.54) is 25.6 Å². The molecule has 2 aliphatic rings. The smallest absolute Gasteiger partial charge is 0.317 e. The Balaban J connectivity index is 1.44. The lowest BCUT2D eigenvalue weighted by molar-refractivity contribution is 0.0916. The number of aromatic nitrogens is 2. The van der Waals surface area contributed by atoms with E-state index in [1.807, 2.05) is 4.90 Å². The number of hydrogen-bond acceptors (Lipinski definition) is 4. The van der Waals surface area contributed by atoms with E-state index in [2.05, 4.69) is 20.6 Å². The van der Waals surface area contributed by atoms with Gasteiger partial charge in [0.1, 0.15) is 6.33 Å². The minimum absolute atomic E-state index is 0.0454. The zero-order valence-electron chi connectivity index (χ0n) is 14.8. The molecule has 136 valence electrons.